The lowest BCUT2D eigenvalue weighted by atomic mass is 10.2. The lowest BCUT2D eigenvalue weighted by Gasteiger charge is -2.08. The monoisotopic (exact) mass is 226 g/mol. The first kappa shape index (κ1) is 12.3. The molecular weight excluding hydrogens is 212 g/mol. The molecule has 0 aliphatic carbocycles. The van der Waals surface area contributed by atoms with Crippen molar-refractivity contribution < 1.29 is 24.1 Å². The number of benzene rings is 1. The quantitative estimate of drug-likeness (QED) is 0.609. The minimum atomic E-state index is -0.581. The molecule has 1 N–H and O–H groups in total. The van der Waals surface area contributed by atoms with Crippen LogP contribution >= 0.6 is 0 Å². The first-order chi connectivity index (χ1) is 7.69. The van der Waals surface area contributed by atoms with Gasteiger partial charge in [-0.15, -0.1) is 0 Å². The highest BCUT2D eigenvalue weighted by Crippen LogP contribution is 2.23. The minimum Gasteiger partial charge on any atom is -0.507 e. The molecule has 0 fully saturated rings. The molecule has 1 aromatic rings. The number of rotatable bonds is 5. The molecule has 0 unspecified atom stereocenters. The molecule has 1 aromatic carbocycles. The fourth-order valence-electron chi connectivity index (χ4n) is 1.10. The number of carbonyl (C=O) groups excluding carboxylic acids is 1. The van der Waals surface area contributed by atoms with Crippen LogP contribution in [-0.2, 0) is 9.47 Å². The molecule has 0 bridgehead atoms. The van der Waals surface area contributed by atoms with Gasteiger partial charge < -0.3 is 19.3 Å². The lowest BCUT2D eigenvalue weighted by Crippen LogP contribution is -2.06. The Balaban J connectivity index is 2.85. The number of methoxy groups -OCH3 is 1. The van der Waals surface area contributed by atoms with Crippen LogP contribution in [0.1, 0.15) is 17.3 Å². The summed E-state index contributed by atoms with van der Waals surface area (Å²) in [5, 5.41) is 9.47. The zero-order chi connectivity index (χ0) is 12.0. The van der Waals surface area contributed by atoms with Crippen molar-refractivity contribution in [2.24, 2.45) is 0 Å². The molecule has 0 aromatic heterocycles. The van der Waals surface area contributed by atoms with Gasteiger partial charge in [0, 0.05) is 7.11 Å². The highest BCUT2D eigenvalue weighted by atomic mass is 16.7. The number of carbonyl (C=O) groups is 1. The van der Waals surface area contributed by atoms with E-state index < -0.39 is 5.97 Å². The zero-order valence-electron chi connectivity index (χ0n) is 9.23. The summed E-state index contributed by atoms with van der Waals surface area (Å²) < 4.78 is 14.6. The molecule has 0 saturated heterocycles. The Bertz CT molecular complexity index is 361. The molecule has 0 spiro atoms. The molecule has 0 radical (unpaired) electrons. The van der Waals surface area contributed by atoms with Gasteiger partial charge in [0.1, 0.15) is 17.1 Å². The molecule has 0 aliphatic rings. The minimum absolute atomic E-state index is 0.0764. The molecule has 5 heteroatoms. The highest BCUT2D eigenvalue weighted by Gasteiger charge is 2.13. The Labute approximate surface area is 93.6 Å². The standard InChI is InChI=1S/C11H14O5/c1-3-15-11(13)9-6-8(16-7-14-2)4-5-10(9)12/h4-6,12H,3,7H2,1-2H3. The average molecular weight is 226 g/mol. The van der Waals surface area contributed by atoms with Gasteiger partial charge in [0.25, 0.3) is 0 Å². The maximum atomic E-state index is 11.4. The third kappa shape index (κ3) is 3.13. The Morgan fingerprint density at radius 1 is 1.44 bits per heavy atom. The first-order valence-corrected chi connectivity index (χ1v) is 4.81. The summed E-state index contributed by atoms with van der Waals surface area (Å²) in [7, 11) is 1.49. The van der Waals surface area contributed by atoms with E-state index in [2.05, 4.69) is 0 Å². The van der Waals surface area contributed by atoms with Gasteiger partial charge >= 0.3 is 5.97 Å². The Hall–Kier alpha value is -1.75. The fourth-order valence-corrected chi connectivity index (χ4v) is 1.10. The van der Waals surface area contributed by atoms with Crippen molar-refractivity contribution in [1.29, 1.82) is 0 Å². The van der Waals surface area contributed by atoms with Gasteiger partial charge in [-0.05, 0) is 25.1 Å². The summed E-state index contributed by atoms with van der Waals surface area (Å²) in [5.41, 5.74) is 0.0791. The molecular formula is C11H14O5. The van der Waals surface area contributed by atoms with E-state index >= 15 is 0 Å². The van der Waals surface area contributed by atoms with E-state index in [1.54, 1.807) is 6.92 Å². The van der Waals surface area contributed by atoms with Crippen molar-refractivity contribution in [3.8, 4) is 11.5 Å². The predicted octanol–water partition coefficient (Wildman–Crippen LogP) is 1.55. The van der Waals surface area contributed by atoms with Crippen molar-refractivity contribution in [3.63, 3.8) is 0 Å². The molecule has 0 amide bonds. The SMILES string of the molecule is CCOC(=O)c1cc(OCOC)ccc1O. The average Bonchev–Trinajstić information content (AvgIpc) is 2.28. The van der Waals surface area contributed by atoms with Gasteiger partial charge in [-0.2, -0.15) is 0 Å². The van der Waals surface area contributed by atoms with Crippen LogP contribution in [-0.4, -0.2) is 31.6 Å². The third-order valence-corrected chi connectivity index (χ3v) is 1.81. The Kier molecular flexibility index (Phi) is 4.60. The number of hydrogen-bond acceptors (Lipinski definition) is 5. The number of esters is 1. The van der Waals surface area contributed by atoms with Gasteiger partial charge in [0.05, 0.1) is 6.61 Å². The van der Waals surface area contributed by atoms with Crippen molar-refractivity contribution in [2.75, 3.05) is 20.5 Å². The molecule has 0 saturated carbocycles. The molecule has 1 rings (SSSR count). The summed E-state index contributed by atoms with van der Waals surface area (Å²) in [6.07, 6.45) is 0. The first-order valence-electron chi connectivity index (χ1n) is 4.81. The van der Waals surface area contributed by atoms with Crippen LogP contribution in [0.4, 0.5) is 0 Å². The van der Waals surface area contributed by atoms with Crippen LogP contribution in [0.3, 0.4) is 0 Å². The summed E-state index contributed by atoms with van der Waals surface area (Å²) >= 11 is 0. The summed E-state index contributed by atoms with van der Waals surface area (Å²) in [5.74, 6) is -0.284. The second kappa shape index (κ2) is 5.97. The van der Waals surface area contributed by atoms with E-state index in [1.165, 1.54) is 25.3 Å². The summed E-state index contributed by atoms with van der Waals surface area (Å²) in [4.78, 5) is 11.4. The predicted molar refractivity (Wildman–Crippen MR) is 56.6 cm³/mol. The maximum absolute atomic E-state index is 11.4. The number of aromatic hydroxyl groups is 1. The van der Waals surface area contributed by atoms with Gasteiger partial charge in [0.2, 0.25) is 0 Å². The van der Waals surface area contributed by atoms with Gasteiger partial charge in [-0.25, -0.2) is 4.79 Å². The molecule has 0 heterocycles. The highest BCUT2D eigenvalue weighted by molar-refractivity contribution is 5.92. The van der Waals surface area contributed by atoms with E-state index in [9.17, 15) is 9.90 Å². The maximum Gasteiger partial charge on any atom is 0.342 e. The van der Waals surface area contributed by atoms with Crippen molar-refractivity contribution in [3.05, 3.63) is 23.8 Å². The summed E-state index contributed by atoms with van der Waals surface area (Å²) in [6, 6.07) is 4.32. The third-order valence-electron chi connectivity index (χ3n) is 1.81. The number of phenols is 1. The molecule has 0 atom stereocenters. The van der Waals surface area contributed by atoms with Gasteiger partial charge in [-0.3, -0.25) is 0 Å². The van der Waals surface area contributed by atoms with Crippen LogP contribution in [0.5, 0.6) is 11.5 Å². The van der Waals surface area contributed by atoms with Crippen LogP contribution in [0.25, 0.3) is 0 Å². The van der Waals surface area contributed by atoms with Crippen molar-refractivity contribution in [1.82, 2.24) is 0 Å². The van der Waals surface area contributed by atoms with E-state index in [4.69, 9.17) is 14.2 Å². The van der Waals surface area contributed by atoms with Crippen LogP contribution < -0.4 is 4.74 Å². The van der Waals surface area contributed by atoms with Crippen molar-refractivity contribution in [2.45, 2.75) is 6.92 Å². The lowest BCUT2D eigenvalue weighted by molar-refractivity contribution is 0.0487. The van der Waals surface area contributed by atoms with Gasteiger partial charge in [-0.1, -0.05) is 0 Å². The van der Waals surface area contributed by atoms with Crippen molar-refractivity contribution >= 4 is 5.97 Å². The largest absolute Gasteiger partial charge is 0.507 e. The Morgan fingerprint density at radius 2 is 2.19 bits per heavy atom. The molecule has 88 valence electrons. The number of ether oxygens (including phenoxy) is 3. The van der Waals surface area contributed by atoms with Crippen LogP contribution in [0, 0.1) is 0 Å². The van der Waals surface area contributed by atoms with E-state index in [-0.39, 0.29) is 24.7 Å². The topological polar surface area (TPSA) is 65.0 Å². The Morgan fingerprint density at radius 3 is 2.81 bits per heavy atom. The molecule has 5 nitrogen and oxygen atoms in total. The zero-order valence-corrected chi connectivity index (χ0v) is 9.23. The van der Waals surface area contributed by atoms with E-state index in [0.29, 0.717) is 5.75 Å². The smallest absolute Gasteiger partial charge is 0.342 e. The van der Waals surface area contributed by atoms with Crippen LogP contribution in [0.15, 0.2) is 18.2 Å². The van der Waals surface area contributed by atoms with Gasteiger partial charge in [0.15, 0.2) is 6.79 Å². The summed E-state index contributed by atoms with van der Waals surface area (Å²) in [6.45, 7) is 2.02. The fraction of sp³-hybridized carbons (Fsp3) is 0.364. The molecule has 0 aliphatic heterocycles. The second-order valence-corrected chi connectivity index (χ2v) is 2.95. The second-order valence-electron chi connectivity index (χ2n) is 2.95. The number of hydrogen-bond donors (Lipinski definition) is 1. The van der Waals surface area contributed by atoms with E-state index in [0.717, 1.165) is 0 Å². The van der Waals surface area contributed by atoms with E-state index in [1.807, 2.05) is 0 Å². The normalized spacial score (nSPS) is 9.88. The van der Waals surface area contributed by atoms with Crippen LogP contribution in [0.2, 0.25) is 0 Å². The number of phenolic OH excluding ortho intramolecular Hbond substituents is 1. The molecule has 16 heavy (non-hydrogen) atoms.